The van der Waals surface area contributed by atoms with Crippen LogP contribution in [-0.2, 0) is 6.54 Å². The zero-order valence-electron chi connectivity index (χ0n) is 12.2. The first-order valence-corrected chi connectivity index (χ1v) is 8.77. The van der Waals surface area contributed by atoms with Crippen LogP contribution < -0.4 is 0 Å². The second-order valence-corrected chi connectivity index (χ2v) is 7.12. The molecule has 0 aliphatic carbocycles. The minimum atomic E-state index is 0.759. The number of imidazole rings is 1. The summed E-state index contributed by atoms with van der Waals surface area (Å²) in [4.78, 5) is 12.5. The van der Waals surface area contributed by atoms with E-state index >= 15 is 0 Å². The molecule has 1 aliphatic rings. The number of rotatable bonds is 4. The van der Waals surface area contributed by atoms with Gasteiger partial charge in [0.05, 0.1) is 32.1 Å². The van der Waals surface area contributed by atoms with Crippen LogP contribution in [-0.4, -0.2) is 39.1 Å². The van der Waals surface area contributed by atoms with Gasteiger partial charge in [0.15, 0.2) is 0 Å². The van der Waals surface area contributed by atoms with Gasteiger partial charge in [0.2, 0.25) is 0 Å². The molecule has 0 radical (unpaired) electrons. The topological polar surface area (TPSA) is 34.0 Å². The molecule has 1 fully saturated rings. The number of nitrogens with zero attached hydrogens (tertiary/aromatic N) is 4. The summed E-state index contributed by atoms with van der Waals surface area (Å²) in [5, 5.41) is 0.759. The van der Waals surface area contributed by atoms with E-state index in [1.165, 1.54) is 25.9 Å². The van der Waals surface area contributed by atoms with Gasteiger partial charge in [-0.2, -0.15) is 0 Å². The van der Waals surface area contributed by atoms with E-state index in [4.69, 9.17) is 11.6 Å². The third kappa shape index (κ3) is 2.76. The zero-order chi connectivity index (χ0) is 14.9. The number of fused-ring (bicyclic) bond motifs is 1. The van der Waals surface area contributed by atoms with E-state index in [0.717, 1.165) is 38.9 Å². The molecule has 3 aromatic rings. The number of pyridine rings is 1. The maximum Gasteiger partial charge on any atom is 0.0982 e. The van der Waals surface area contributed by atoms with Crippen LogP contribution in [0.3, 0.4) is 0 Å². The molecule has 4 nitrogen and oxygen atoms in total. The van der Waals surface area contributed by atoms with E-state index in [1.807, 2.05) is 12.4 Å². The van der Waals surface area contributed by atoms with Crippen molar-refractivity contribution in [2.75, 3.05) is 19.6 Å². The van der Waals surface area contributed by atoms with Gasteiger partial charge in [-0.15, -0.1) is 11.3 Å². The number of thiophene rings is 1. The van der Waals surface area contributed by atoms with Crippen LogP contribution in [0.4, 0.5) is 0 Å². The fraction of sp³-hybridized carbons (Fsp3) is 0.375. The molecule has 6 heteroatoms. The Morgan fingerprint density at radius 1 is 1.18 bits per heavy atom. The summed E-state index contributed by atoms with van der Waals surface area (Å²) >= 11 is 7.88. The van der Waals surface area contributed by atoms with Crippen LogP contribution in [0.1, 0.15) is 12.8 Å². The predicted molar refractivity (Wildman–Crippen MR) is 91.5 cm³/mol. The summed E-state index contributed by atoms with van der Waals surface area (Å²) in [6, 6.07) is 3.90. The fourth-order valence-corrected chi connectivity index (χ4v) is 4.16. The summed E-state index contributed by atoms with van der Waals surface area (Å²) in [6.45, 7) is 4.58. The quantitative estimate of drug-likeness (QED) is 0.726. The smallest absolute Gasteiger partial charge is 0.0982 e. The molecule has 4 rings (SSSR count). The van der Waals surface area contributed by atoms with E-state index in [9.17, 15) is 0 Å². The highest BCUT2D eigenvalue weighted by atomic mass is 35.5. The summed E-state index contributed by atoms with van der Waals surface area (Å²) in [6.07, 6.45) is 8.46. The molecule has 0 amide bonds. The van der Waals surface area contributed by atoms with Gasteiger partial charge in [0, 0.05) is 25.5 Å². The number of hydrogen-bond donors (Lipinski definition) is 0. The molecule has 0 spiro atoms. The van der Waals surface area contributed by atoms with Crippen molar-refractivity contribution in [2.45, 2.75) is 19.4 Å². The largest absolute Gasteiger partial charge is 0.336 e. The Balaban J connectivity index is 1.53. The minimum absolute atomic E-state index is 0.759. The Bertz CT molecular complexity index is 788. The monoisotopic (exact) mass is 332 g/mol. The molecule has 0 aromatic carbocycles. The lowest BCUT2D eigenvalue weighted by Crippen LogP contribution is -2.23. The van der Waals surface area contributed by atoms with Gasteiger partial charge in [-0.25, -0.2) is 4.98 Å². The van der Waals surface area contributed by atoms with Gasteiger partial charge in [-0.3, -0.25) is 4.98 Å². The zero-order valence-corrected chi connectivity index (χ0v) is 13.8. The second kappa shape index (κ2) is 5.99. The van der Waals surface area contributed by atoms with E-state index < -0.39 is 0 Å². The Kier molecular flexibility index (Phi) is 3.86. The molecule has 1 saturated heterocycles. The Morgan fingerprint density at radius 2 is 2.05 bits per heavy atom. The van der Waals surface area contributed by atoms with Gasteiger partial charge in [-0.05, 0) is 38.1 Å². The normalized spacial score (nSPS) is 15.9. The standard InChI is InChI=1S/C16H17ClN4S/c17-12-3-4-18-13-9-15(22-16(12)13)14-10-21(11-19-14)8-7-20-5-1-2-6-20/h3-4,9-11H,1-2,5-8H2. The maximum atomic E-state index is 6.22. The average molecular weight is 333 g/mol. The van der Waals surface area contributed by atoms with Gasteiger partial charge in [-0.1, -0.05) is 11.6 Å². The van der Waals surface area contributed by atoms with Gasteiger partial charge < -0.3 is 9.47 Å². The summed E-state index contributed by atoms with van der Waals surface area (Å²) in [5.74, 6) is 0. The van der Waals surface area contributed by atoms with Crippen LogP contribution in [0.25, 0.3) is 20.8 Å². The van der Waals surface area contributed by atoms with Crippen molar-refractivity contribution in [3.63, 3.8) is 0 Å². The highest BCUT2D eigenvalue weighted by Gasteiger charge is 2.12. The van der Waals surface area contributed by atoms with E-state index in [1.54, 1.807) is 17.5 Å². The third-order valence-electron chi connectivity index (χ3n) is 4.12. The summed E-state index contributed by atoms with van der Waals surface area (Å²) in [5.41, 5.74) is 1.94. The molecule has 0 bridgehead atoms. The molecule has 0 N–H and O–H groups in total. The lowest BCUT2D eigenvalue weighted by Gasteiger charge is -2.14. The number of halogens is 1. The van der Waals surface area contributed by atoms with Crippen molar-refractivity contribution < 1.29 is 0 Å². The van der Waals surface area contributed by atoms with E-state index in [2.05, 4.69) is 31.7 Å². The Hall–Kier alpha value is -1.43. The predicted octanol–water partition coefficient (Wildman–Crippen LogP) is 3.91. The van der Waals surface area contributed by atoms with Crippen LogP contribution in [0, 0.1) is 0 Å². The fourth-order valence-electron chi connectivity index (χ4n) is 2.91. The summed E-state index contributed by atoms with van der Waals surface area (Å²) in [7, 11) is 0. The summed E-state index contributed by atoms with van der Waals surface area (Å²) < 4.78 is 3.21. The van der Waals surface area contributed by atoms with Crippen molar-refractivity contribution in [3.8, 4) is 10.6 Å². The van der Waals surface area contributed by atoms with Crippen molar-refractivity contribution >= 4 is 33.2 Å². The van der Waals surface area contributed by atoms with Crippen LogP contribution in [0.2, 0.25) is 5.02 Å². The SMILES string of the molecule is Clc1ccnc2cc(-c3cn(CCN4CCCC4)cn3)sc12. The first-order chi connectivity index (χ1) is 10.8. The molecular formula is C16H17ClN4S. The molecule has 4 heterocycles. The number of likely N-dealkylation sites (tertiary alicyclic amines) is 1. The maximum absolute atomic E-state index is 6.22. The first kappa shape index (κ1) is 14.2. The molecule has 0 atom stereocenters. The molecular weight excluding hydrogens is 316 g/mol. The first-order valence-electron chi connectivity index (χ1n) is 7.58. The van der Waals surface area contributed by atoms with Crippen molar-refractivity contribution in [2.24, 2.45) is 0 Å². The third-order valence-corrected chi connectivity index (χ3v) is 5.73. The van der Waals surface area contributed by atoms with Crippen LogP contribution >= 0.6 is 22.9 Å². The van der Waals surface area contributed by atoms with E-state index in [-0.39, 0.29) is 0 Å². The second-order valence-electron chi connectivity index (χ2n) is 5.66. The van der Waals surface area contributed by atoms with Crippen molar-refractivity contribution in [3.05, 3.63) is 35.9 Å². The average Bonchev–Trinajstić information content (AvgIpc) is 3.25. The van der Waals surface area contributed by atoms with Crippen molar-refractivity contribution in [1.29, 1.82) is 0 Å². The lowest BCUT2D eigenvalue weighted by molar-refractivity contribution is 0.322. The van der Waals surface area contributed by atoms with Crippen LogP contribution in [0.15, 0.2) is 30.9 Å². The number of hydrogen-bond acceptors (Lipinski definition) is 4. The van der Waals surface area contributed by atoms with Crippen LogP contribution in [0.5, 0.6) is 0 Å². The number of aromatic nitrogens is 3. The molecule has 114 valence electrons. The van der Waals surface area contributed by atoms with Gasteiger partial charge >= 0.3 is 0 Å². The Morgan fingerprint density at radius 3 is 2.86 bits per heavy atom. The van der Waals surface area contributed by atoms with Crippen molar-refractivity contribution in [1.82, 2.24) is 19.4 Å². The highest BCUT2D eigenvalue weighted by Crippen LogP contribution is 2.35. The highest BCUT2D eigenvalue weighted by molar-refractivity contribution is 7.22. The molecule has 0 unspecified atom stereocenters. The molecule has 1 aliphatic heterocycles. The minimum Gasteiger partial charge on any atom is -0.336 e. The molecule has 3 aromatic heterocycles. The Labute approximate surface area is 138 Å². The van der Waals surface area contributed by atoms with Gasteiger partial charge in [0.25, 0.3) is 0 Å². The van der Waals surface area contributed by atoms with Gasteiger partial charge in [0.1, 0.15) is 0 Å². The lowest BCUT2D eigenvalue weighted by atomic mass is 10.3. The molecule has 0 saturated carbocycles. The van der Waals surface area contributed by atoms with E-state index in [0.29, 0.717) is 0 Å². The molecule has 22 heavy (non-hydrogen) atoms.